The predicted octanol–water partition coefficient (Wildman–Crippen LogP) is -0.598. The Bertz CT molecular complexity index is 135. The zero-order valence-electron chi connectivity index (χ0n) is 4.26. The summed E-state index contributed by atoms with van der Waals surface area (Å²) >= 11 is 0. The van der Waals surface area contributed by atoms with Crippen LogP contribution in [0.5, 0.6) is 0 Å². The summed E-state index contributed by atoms with van der Waals surface area (Å²) in [4.78, 5) is 20.1. The van der Waals surface area contributed by atoms with Gasteiger partial charge in [-0.1, -0.05) is 0 Å². The molecule has 1 saturated carbocycles. The first kappa shape index (κ1) is 8.74. The van der Waals surface area contributed by atoms with E-state index in [1.807, 2.05) is 0 Å². The van der Waals surface area contributed by atoms with Crippen molar-refractivity contribution in [3.63, 3.8) is 0 Å². The Balaban J connectivity index is 0.000000640. The van der Waals surface area contributed by atoms with Crippen molar-refractivity contribution in [1.29, 1.82) is 0 Å². The number of carboxylic acid groups (broad SMARTS) is 1. The van der Waals surface area contributed by atoms with Gasteiger partial charge in [0.25, 0.3) is 0 Å². The molecule has 1 N–H and O–H groups in total. The fraction of sp³-hybridized carbons (Fsp3) is 0.600. The first-order chi connectivity index (χ1) is 3.70. The molecule has 0 aromatic heterocycles. The average molecular weight is 122 g/mol. The van der Waals surface area contributed by atoms with Gasteiger partial charge in [-0.15, -0.1) is 0 Å². The molecule has 1 rings (SSSR count). The van der Waals surface area contributed by atoms with E-state index in [-0.39, 0.29) is 43.4 Å². The van der Waals surface area contributed by atoms with Crippen molar-refractivity contribution in [3.05, 3.63) is 0 Å². The molecule has 0 aliphatic heterocycles. The van der Waals surface area contributed by atoms with Crippen molar-refractivity contribution >= 4 is 30.6 Å². The first-order valence-corrected chi connectivity index (χ1v) is 2.44. The summed E-state index contributed by atoms with van der Waals surface area (Å²) in [6.45, 7) is 0. The van der Waals surface area contributed by atoms with Crippen molar-refractivity contribution in [1.82, 2.24) is 0 Å². The summed E-state index contributed by atoms with van der Waals surface area (Å²) in [5.74, 6) is -1.15. The fourth-order valence-corrected chi connectivity index (χ4v) is 0.664. The molecule has 0 spiro atoms. The molecular weight excluding hydrogens is 115 g/mol. The number of carbonyl (C=O) groups excluding carboxylic acids is 1. The van der Waals surface area contributed by atoms with E-state index >= 15 is 0 Å². The second-order valence-electron chi connectivity index (χ2n) is 1.98. The molecule has 0 heterocycles. The zero-order chi connectivity index (χ0) is 6.15. The summed E-state index contributed by atoms with van der Waals surface area (Å²) in [6.07, 6.45) is 0.491. The Morgan fingerprint density at radius 3 is 2.11 bits per heavy atom. The van der Waals surface area contributed by atoms with Gasteiger partial charge >= 0.3 is 24.8 Å². The Kier molecular flexibility index (Phi) is 2.96. The minimum atomic E-state index is -0.843. The number of rotatable bonds is 1. The number of hydrogen-bond donors (Lipinski definition) is 1. The van der Waals surface area contributed by atoms with Crippen LogP contribution in [0.25, 0.3) is 0 Å². The van der Waals surface area contributed by atoms with Crippen LogP contribution in [0.1, 0.15) is 12.8 Å². The number of Topliss-reactive ketones (excluding diaryl/α,β-unsaturated/α-hetero) is 1. The van der Waals surface area contributed by atoms with Crippen molar-refractivity contribution in [2.75, 3.05) is 0 Å². The van der Waals surface area contributed by atoms with E-state index in [4.69, 9.17) is 5.11 Å². The summed E-state index contributed by atoms with van der Waals surface area (Å²) < 4.78 is 0. The molecule has 4 heteroatoms. The second kappa shape index (κ2) is 3.05. The molecule has 1 fully saturated rings. The van der Waals surface area contributed by atoms with Gasteiger partial charge < -0.3 is 5.11 Å². The molecule has 1 aliphatic carbocycles. The van der Waals surface area contributed by atoms with E-state index < -0.39 is 5.97 Å². The molecule has 46 valence electrons. The molecule has 0 aromatic carbocycles. The third-order valence-electron chi connectivity index (χ3n) is 1.30. The van der Waals surface area contributed by atoms with Crippen molar-refractivity contribution in [2.45, 2.75) is 12.8 Å². The Hall–Kier alpha value is -0.263. The number of hydrogen-bond acceptors (Lipinski definition) is 2. The third-order valence-corrected chi connectivity index (χ3v) is 1.30. The standard InChI is InChI=1S/C5H6O3.Li.H/c6-4-1-3(2-4)5(7)8;;/h3H,1-2H2,(H,7,8);;. The van der Waals surface area contributed by atoms with Crippen molar-refractivity contribution in [2.24, 2.45) is 5.92 Å². The Labute approximate surface area is 64.6 Å². The van der Waals surface area contributed by atoms with Crippen LogP contribution in [0.4, 0.5) is 0 Å². The maximum atomic E-state index is 10.2. The zero-order valence-corrected chi connectivity index (χ0v) is 4.26. The maximum absolute atomic E-state index is 10.2. The quantitative estimate of drug-likeness (QED) is 0.472. The van der Waals surface area contributed by atoms with Crippen LogP contribution in [0.2, 0.25) is 0 Å². The molecule has 9 heavy (non-hydrogen) atoms. The normalized spacial score (nSPS) is 18.0. The van der Waals surface area contributed by atoms with Gasteiger partial charge in [0, 0.05) is 12.8 Å². The monoisotopic (exact) mass is 122 g/mol. The van der Waals surface area contributed by atoms with Crippen LogP contribution in [-0.4, -0.2) is 35.7 Å². The van der Waals surface area contributed by atoms with Gasteiger partial charge in [0.15, 0.2) is 0 Å². The van der Waals surface area contributed by atoms with E-state index in [0.717, 1.165) is 0 Å². The summed E-state index contributed by atoms with van der Waals surface area (Å²) in [7, 11) is 0. The third kappa shape index (κ3) is 1.85. The van der Waals surface area contributed by atoms with E-state index in [1.165, 1.54) is 0 Å². The van der Waals surface area contributed by atoms with Gasteiger partial charge in [-0.3, -0.25) is 9.59 Å². The fourth-order valence-electron chi connectivity index (χ4n) is 0.664. The molecule has 1 aliphatic rings. The van der Waals surface area contributed by atoms with Crippen LogP contribution < -0.4 is 0 Å². The molecular formula is C5H7LiO3. The topological polar surface area (TPSA) is 54.4 Å². The van der Waals surface area contributed by atoms with Crippen LogP contribution in [0.3, 0.4) is 0 Å². The van der Waals surface area contributed by atoms with Crippen LogP contribution in [0.15, 0.2) is 0 Å². The molecule has 0 atom stereocenters. The number of carbonyl (C=O) groups is 2. The second-order valence-corrected chi connectivity index (χ2v) is 1.98. The molecule has 3 nitrogen and oxygen atoms in total. The first-order valence-electron chi connectivity index (χ1n) is 2.44. The molecule has 0 aromatic rings. The van der Waals surface area contributed by atoms with Gasteiger partial charge in [0.1, 0.15) is 5.78 Å². The summed E-state index contributed by atoms with van der Waals surface area (Å²) in [6, 6.07) is 0. The van der Waals surface area contributed by atoms with Gasteiger partial charge in [0.05, 0.1) is 5.92 Å². The Morgan fingerprint density at radius 2 is 2.00 bits per heavy atom. The van der Waals surface area contributed by atoms with E-state index in [2.05, 4.69) is 0 Å². The Morgan fingerprint density at radius 1 is 1.56 bits per heavy atom. The number of carboxylic acids is 1. The molecule has 0 unspecified atom stereocenters. The predicted molar refractivity (Wildman–Crippen MR) is 32.5 cm³/mol. The summed E-state index contributed by atoms with van der Waals surface area (Å²) in [5.41, 5.74) is 0. The van der Waals surface area contributed by atoms with Crippen molar-refractivity contribution in [3.8, 4) is 0 Å². The number of aliphatic carboxylic acids is 1. The molecule has 0 amide bonds. The van der Waals surface area contributed by atoms with Gasteiger partial charge in [-0.2, -0.15) is 0 Å². The average Bonchev–Trinajstić information content (AvgIpc) is 1.57. The van der Waals surface area contributed by atoms with Gasteiger partial charge in [-0.05, 0) is 0 Å². The van der Waals surface area contributed by atoms with Gasteiger partial charge in [0.2, 0.25) is 0 Å². The molecule has 0 radical (unpaired) electrons. The molecule has 0 bridgehead atoms. The van der Waals surface area contributed by atoms with Crippen molar-refractivity contribution < 1.29 is 14.7 Å². The van der Waals surface area contributed by atoms with Crippen LogP contribution in [-0.2, 0) is 9.59 Å². The molecule has 0 saturated heterocycles. The minimum absolute atomic E-state index is 0. The van der Waals surface area contributed by atoms with E-state index in [0.29, 0.717) is 0 Å². The summed E-state index contributed by atoms with van der Waals surface area (Å²) in [5, 5.41) is 8.20. The van der Waals surface area contributed by atoms with Gasteiger partial charge in [-0.25, -0.2) is 0 Å². The number of ketones is 1. The van der Waals surface area contributed by atoms with E-state index in [1.54, 1.807) is 0 Å². The SMILES string of the molecule is O=C1CC(C(=O)O)C1.[LiH]. The van der Waals surface area contributed by atoms with Crippen LogP contribution >= 0.6 is 0 Å². The van der Waals surface area contributed by atoms with E-state index in [9.17, 15) is 9.59 Å². The van der Waals surface area contributed by atoms with Crippen LogP contribution in [0, 0.1) is 5.92 Å².